The van der Waals surface area contributed by atoms with Gasteiger partial charge in [0.05, 0.1) is 17.2 Å². The molecule has 1 aliphatic heterocycles. The number of para-hydroxylation sites is 2. The molecule has 1 aromatic carbocycles. The van der Waals surface area contributed by atoms with Crippen LogP contribution in [0.5, 0.6) is 0 Å². The Morgan fingerprint density at radius 1 is 0.875 bits per heavy atom. The van der Waals surface area contributed by atoms with Crippen molar-refractivity contribution >= 4 is 22.9 Å². The molecule has 2 aromatic heterocycles. The second-order valence-electron chi connectivity index (χ2n) is 5.57. The van der Waals surface area contributed by atoms with Crippen molar-refractivity contribution in [2.45, 2.75) is 0 Å². The summed E-state index contributed by atoms with van der Waals surface area (Å²) in [7, 11) is 0. The number of aromatic nitrogens is 4. The van der Waals surface area contributed by atoms with E-state index in [-0.39, 0.29) is 5.91 Å². The third kappa shape index (κ3) is 2.76. The van der Waals surface area contributed by atoms with Crippen LogP contribution in [0.25, 0.3) is 11.0 Å². The lowest BCUT2D eigenvalue weighted by atomic mass is 10.2. The normalized spacial score (nSPS) is 14.8. The van der Waals surface area contributed by atoms with Gasteiger partial charge in [-0.3, -0.25) is 9.78 Å². The van der Waals surface area contributed by atoms with Crippen LogP contribution in [0.3, 0.4) is 0 Å². The summed E-state index contributed by atoms with van der Waals surface area (Å²) in [6, 6.07) is 9.34. The van der Waals surface area contributed by atoms with Crippen molar-refractivity contribution in [2.75, 3.05) is 31.1 Å². The SMILES string of the molecule is O=C(c1cnc2ccccc2n1)N1CCN(c2ncccn2)CC1. The molecule has 0 spiro atoms. The van der Waals surface area contributed by atoms with Crippen LogP contribution in [0, 0.1) is 0 Å². The van der Waals surface area contributed by atoms with E-state index in [0.717, 1.165) is 11.0 Å². The molecule has 0 saturated carbocycles. The molecule has 0 N–H and O–H groups in total. The largest absolute Gasteiger partial charge is 0.337 e. The fourth-order valence-corrected chi connectivity index (χ4v) is 2.79. The van der Waals surface area contributed by atoms with Crippen LogP contribution in [0.4, 0.5) is 5.95 Å². The van der Waals surface area contributed by atoms with Crippen molar-refractivity contribution in [1.82, 2.24) is 24.8 Å². The quantitative estimate of drug-likeness (QED) is 0.710. The molecule has 120 valence electrons. The molecule has 24 heavy (non-hydrogen) atoms. The zero-order valence-corrected chi connectivity index (χ0v) is 13.0. The zero-order valence-electron chi connectivity index (χ0n) is 13.0. The molecular weight excluding hydrogens is 304 g/mol. The molecule has 1 fully saturated rings. The van der Waals surface area contributed by atoms with Crippen molar-refractivity contribution < 1.29 is 4.79 Å². The van der Waals surface area contributed by atoms with E-state index in [9.17, 15) is 4.79 Å². The van der Waals surface area contributed by atoms with Gasteiger partial charge in [0.25, 0.3) is 5.91 Å². The van der Waals surface area contributed by atoms with Gasteiger partial charge in [-0.2, -0.15) is 0 Å². The Labute approximate surface area is 139 Å². The predicted octanol–water partition coefficient (Wildman–Crippen LogP) is 1.38. The van der Waals surface area contributed by atoms with Crippen molar-refractivity contribution in [3.8, 4) is 0 Å². The highest BCUT2D eigenvalue weighted by Gasteiger charge is 2.24. The van der Waals surface area contributed by atoms with Crippen LogP contribution < -0.4 is 4.90 Å². The number of anilines is 1. The van der Waals surface area contributed by atoms with Crippen molar-refractivity contribution in [2.24, 2.45) is 0 Å². The maximum atomic E-state index is 12.7. The van der Waals surface area contributed by atoms with Gasteiger partial charge in [0, 0.05) is 38.6 Å². The Hall–Kier alpha value is -3.09. The zero-order chi connectivity index (χ0) is 16.4. The van der Waals surface area contributed by atoms with E-state index in [4.69, 9.17) is 0 Å². The van der Waals surface area contributed by atoms with Gasteiger partial charge in [0.1, 0.15) is 5.69 Å². The molecule has 3 heterocycles. The molecule has 7 heteroatoms. The maximum Gasteiger partial charge on any atom is 0.274 e. The highest BCUT2D eigenvalue weighted by Crippen LogP contribution is 2.13. The number of amides is 1. The molecule has 0 aliphatic carbocycles. The first-order valence-corrected chi connectivity index (χ1v) is 7.84. The second kappa shape index (κ2) is 6.19. The number of carbonyl (C=O) groups excluding carboxylic acids is 1. The average molecular weight is 320 g/mol. The summed E-state index contributed by atoms with van der Waals surface area (Å²) < 4.78 is 0. The smallest absolute Gasteiger partial charge is 0.274 e. The molecule has 0 bridgehead atoms. The number of rotatable bonds is 2. The van der Waals surface area contributed by atoms with E-state index in [2.05, 4.69) is 24.8 Å². The summed E-state index contributed by atoms with van der Waals surface area (Å²) in [6.45, 7) is 2.64. The van der Waals surface area contributed by atoms with Gasteiger partial charge in [-0.1, -0.05) is 12.1 Å². The molecule has 0 unspecified atom stereocenters. The molecule has 0 radical (unpaired) electrons. The first-order valence-electron chi connectivity index (χ1n) is 7.84. The summed E-state index contributed by atoms with van der Waals surface area (Å²) in [5.74, 6) is 0.622. The Balaban J connectivity index is 1.47. The van der Waals surface area contributed by atoms with Crippen LogP contribution in [0.2, 0.25) is 0 Å². The Morgan fingerprint density at radius 3 is 2.33 bits per heavy atom. The minimum atomic E-state index is -0.0816. The van der Waals surface area contributed by atoms with Gasteiger partial charge in [-0.05, 0) is 18.2 Å². The second-order valence-corrected chi connectivity index (χ2v) is 5.57. The summed E-state index contributed by atoms with van der Waals surface area (Å²) in [4.78, 5) is 33.8. The summed E-state index contributed by atoms with van der Waals surface area (Å²) >= 11 is 0. The first-order chi connectivity index (χ1) is 11.8. The average Bonchev–Trinajstić information content (AvgIpc) is 2.68. The van der Waals surface area contributed by atoms with E-state index in [1.807, 2.05) is 24.3 Å². The van der Waals surface area contributed by atoms with Gasteiger partial charge in [0.15, 0.2) is 0 Å². The maximum absolute atomic E-state index is 12.7. The monoisotopic (exact) mass is 320 g/mol. The fourth-order valence-electron chi connectivity index (χ4n) is 2.79. The number of hydrogen-bond donors (Lipinski definition) is 0. The molecular formula is C17H16N6O. The standard InChI is InChI=1S/C17H16N6O/c24-16(15-12-20-13-4-1-2-5-14(13)21-15)22-8-10-23(11-9-22)17-18-6-3-7-19-17/h1-7,12H,8-11H2. The Morgan fingerprint density at radius 2 is 1.58 bits per heavy atom. The minimum Gasteiger partial charge on any atom is -0.337 e. The molecule has 3 aromatic rings. The van der Waals surface area contributed by atoms with Crippen LogP contribution >= 0.6 is 0 Å². The third-order valence-corrected chi connectivity index (χ3v) is 4.07. The Bertz CT molecular complexity index is 861. The number of fused-ring (bicyclic) bond motifs is 1. The minimum absolute atomic E-state index is 0.0816. The van der Waals surface area contributed by atoms with Gasteiger partial charge in [-0.15, -0.1) is 0 Å². The van der Waals surface area contributed by atoms with E-state index >= 15 is 0 Å². The number of nitrogens with zero attached hydrogens (tertiary/aromatic N) is 6. The number of carbonyl (C=O) groups is 1. The summed E-state index contributed by atoms with van der Waals surface area (Å²) in [6.07, 6.45) is 5.01. The Kier molecular flexibility index (Phi) is 3.74. The molecule has 1 aliphatic rings. The lowest BCUT2D eigenvalue weighted by Gasteiger charge is -2.34. The molecule has 1 saturated heterocycles. The molecule has 0 atom stereocenters. The lowest BCUT2D eigenvalue weighted by molar-refractivity contribution is 0.0740. The molecule has 4 rings (SSSR count). The fraction of sp³-hybridized carbons (Fsp3) is 0.235. The predicted molar refractivity (Wildman–Crippen MR) is 89.7 cm³/mol. The number of hydrogen-bond acceptors (Lipinski definition) is 6. The summed E-state index contributed by atoms with van der Waals surface area (Å²) in [5.41, 5.74) is 1.91. The van der Waals surface area contributed by atoms with E-state index in [1.54, 1.807) is 29.6 Å². The first kappa shape index (κ1) is 14.5. The van der Waals surface area contributed by atoms with Crippen molar-refractivity contribution in [3.05, 3.63) is 54.6 Å². The van der Waals surface area contributed by atoms with Crippen LogP contribution in [0.1, 0.15) is 10.5 Å². The number of benzene rings is 1. The van der Waals surface area contributed by atoms with Crippen molar-refractivity contribution in [1.29, 1.82) is 0 Å². The van der Waals surface area contributed by atoms with Gasteiger partial charge in [0.2, 0.25) is 5.95 Å². The van der Waals surface area contributed by atoms with Crippen molar-refractivity contribution in [3.63, 3.8) is 0 Å². The van der Waals surface area contributed by atoms with E-state index in [0.29, 0.717) is 37.8 Å². The van der Waals surface area contributed by atoms with Gasteiger partial charge in [-0.25, -0.2) is 15.0 Å². The van der Waals surface area contributed by atoms with Gasteiger partial charge >= 0.3 is 0 Å². The third-order valence-electron chi connectivity index (χ3n) is 4.07. The highest BCUT2D eigenvalue weighted by molar-refractivity contribution is 5.94. The van der Waals surface area contributed by atoms with E-state index < -0.39 is 0 Å². The molecule has 1 amide bonds. The van der Waals surface area contributed by atoms with Gasteiger partial charge < -0.3 is 9.80 Å². The lowest BCUT2D eigenvalue weighted by Crippen LogP contribution is -2.49. The number of piperazine rings is 1. The summed E-state index contributed by atoms with van der Waals surface area (Å²) in [5, 5.41) is 0. The highest BCUT2D eigenvalue weighted by atomic mass is 16.2. The van der Waals surface area contributed by atoms with E-state index in [1.165, 1.54) is 0 Å². The van der Waals surface area contributed by atoms with Crippen LogP contribution in [-0.4, -0.2) is 56.9 Å². The van der Waals surface area contributed by atoms with Crippen LogP contribution in [-0.2, 0) is 0 Å². The van der Waals surface area contributed by atoms with Crippen LogP contribution in [0.15, 0.2) is 48.9 Å². The topological polar surface area (TPSA) is 75.1 Å². The molecule has 7 nitrogen and oxygen atoms in total.